The highest BCUT2D eigenvalue weighted by Gasteiger charge is 2.36. The van der Waals surface area contributed by atoms with Crippen molar-refractivity contribution in [2.75, 3.05) is 14.2 Å². The van der Waals surface area contributed by atoms with Crippen molar-refractivity contribution in [2.24, 2.45) is 0 Å². The fraction of sp³-hybridized carbons (Fsp3) is 0.875. The molecule has 84 valence electrons. The lowest BCUT2D eigenvalue weighted by molar-refractivity contribution is -0.138. The molecule has 0 aliphatic rings. The fourth-order valence-electron chi connectivity index (χ4n) is 0.751. The van der Waals surface area contributed by atoms with Crippen molar-refractivity contribution in [3.8, 4) is 0 Å². The van der Waals surface area contributed by atoms with Gasteiger partial charge in [-0.2, -0.15) is 12.6 Å². The van der Waals surface area contributed by atoms with E-state index in [0.717, 1.165) is 0 Å². The van der Waals surface area contributed by atoms with E-state index in [4.69, 9.17) is 13.3 Å². The Morgan fingerprint density at radius 3 is 2.29 bits per heavy atom. The third-order valence-electron chi connectivity index (χ3n) is 1.81. The first-order valence-electron chi connectivity index (χ1n) is 4.43. The summed E-state index contributed by atoms with van der Waals surface area (Å²) in [6, 6.07) is 0. The van der Waals surface area contributed by atoms with E-state index in [-0.39, 0.29) is 11.2 Å². The Morgan fingerprint density at radius 1 is 1.43 bits per heavy atom. The summed E-state index contributed by atoms with van der Waals surface area (Å²) < 4.78 is 15.1. The second kappa shape index (κ2) is 6.44. The second-order valence-corrected chi connectivity index (χ2v) is 6.76. The minimum atomic E-state index is -2.71. The van der Waals surface area contributed by atoms with Gasteiger partial charge in [-0.3, -0.25) is 4.79 Å². The Kier molecular flexibility index (Phi) is 6.42. The maximum Gasteiger partial charge on any atom is 0.564 e. The topological polar surface area (TPSA) is 44.8 Å². The molecule has 0 rings (SSSR count). The Balaban J connectivity index is 3.92. The summed E-state index contributed by atoms with van der Waals surface area (Å²) in [5, 5.41) is 0.195. The van der Waals surface area contributed by atoms with E-state index in [1.165, 1.54) is 14.2 Å². The van der Waals surface area contributed by atoms with Gasteiger partial charge in [0.2, 0.25) is 0 Å². The Bertz CT molecular complexity index is 182. The van der Waals surface area contributed by atoms with E-state index in [0.29, 0.717) is 12.8 Å². The highest BCUT2D eigenvalue weighted by Crippen LogP contribution is 2.10. The lowest BCUT2D eigenvalue weighted by atomic mass is 10.2. The molecule has 0 aliphatic carbocycles. The molecule has 0 N–H and O–H groups in total. The van der Waals surface area contributed by atoms with Crippen LogP contribution in [0.5, 0.6) is 0 Å². The minimum absolute atomic E-state index is 0.195. The summed E-state index contributed by atoms with van der Waals surface area (Å²) in [5.41, 5.74) is 0. The molecule has 4 nitrogen and oxygen atoms in total. The number of rotatable bonds is 6. The molecule has 1 unspecified atom stereocenters. The van der Waals surface area contributed by atoms with Crippen LogP contribution in [0.4, 0.5) is 0 Å². The van der Waals surface area contributed by atoms with E-state index < -0.39 is 8.80 Å². The molecule has 0 aromatic heterocycles. The van der Waals surface area contributed by atoms with Crippen LogP contribution in [0.25, 0.3) is 0 Å². The number of hydrogen-bond acceptors (Lipinski definition) is 5. The van der Waals surface area contributed by atoms with Crippen molar-refractivity contribution in [2.45, 2.75) is 31.6 Å². The van der Waals surface area contributed by atoms with Gasteiger partial charge in [0.15, 0.2) is 0 Å². The van der Waals surface area contributed by atoms with Crippen molar-refractivity contribution < 1.29 is 18.1 Å². The van der Waals surface area contributed by atoms with E-state index >= 15 is 0 Å². The molecule has 1 atom stereocenters. The smallest absolute Gasteiger partial charge is 0.473 e. The molecule has 0 aliphatic heterocycles. The van der Waals surface area contributed by atoms with Crippen LogP contribution in [0, 0.1) is 0 Å². The zero-order valence-electron chi connectivity index (χ0n) is 9.07. The van der Waals surface area contributed by atoms with Crippen molar-refractivity contribution in [3.05, 3.63) is 0 Å². The van der Waals surface area contributed by atoms with Crippen LogP contribution in [0.3, 0.4) is 0 Å². The quantitative estimate of drug-likeness (QED) is 0.562. The monoisotopic (exact) mass is 238 g/mol. The summed E-state index contributed by atoms with van der Waals surface area (Å²) in [4.78, 5) is 11.3. The van der Waals surface area contributed by atoms with Crippen molar-refractivity contribution in [1.82, 2.24) is 0 Å². The summed E-state index contributed by atoms with van der Waals surface area (Å²) >= 11 is 4.17. The van der Waals surface area contributed by atoms with Gasteiger partial charge in [-0.1, -0.05) is 6.92 Å². The third kappa shape index (κ3) is 5.64. The third-order valence-corrected chi connectivity index (χ3v) is 4.15. The van der Waals surface area contributed by atoms with Crippen LogP contribution < -0.4 is 0 Å². The van der Waals surface area contributed by atoms with Gasteiger partial charge in [0.25, 0.3) is 5.97 Å². The molecule has 0 saturated heterocycles. The van der Waals surface area contributed by atoms with Crippen LogP contribution >= 0.6 is 12.6 Å². The zero-order chi connectivity index (χ0) is 11.2. The molecule has 6 heteroatoms. The van der Waals surface area contributed by atoms with Crippen molar-refractivity contribution in [1.29, 1.82) is 0 Å². The van der Waals surface area contributed by atoms with Crippen LogP contribution in [0.1, 0.15) is 19.8 Å². The average molecular weight is 238 g/mol. The van der Waals surface area contributed by atoms with Crippen LogP contribution in [0.2, 0.25) is 6.55 Å². The highest BCUT2D eigenvalue weighted by atomic mass is 32.1. The van der Waals surface area contributed by atoms with Gasteiger partial charge in [-0.15, -0.1) is 0 Å². The van der Waals surface area contributed by atoms with Gasteiger partial charge in [0, 0.05) is 27.2 Å². The summed E-state index contributed by atoms with van der Waals surface area (Å²) in [6.07, 6.45) is 1.04. The number of hydrogen-bond donors (Lipinski definition) is 1. The fourth-order valence-corrected chi connectivity index (χ4v) is 1.73. The maximum atomic E-state index is 11.3. The average Bonchev–Trinajstić information content (AvgIpc) is 2.14. The van der Waals surface area contributed by atoms with E-state index in [2.05, 4.69) is 12.6 Å². The van der Waals surface area contributed by atoms with Gasteiger partial charge in [-0.25, -0.2) is 0 Å². The van der Waals surface area contributed by atoms with Crippen LogP contribution in [0.15, 0.2) is 0 Å². The van der Waals surface area contributed by atoms with Crippen LogP contribution in [-0.4, -0.2) is 34.2 Å². The zero-order valence-corrected chi connectivity index (χ0v) is 11.0. The van der Waals surface area contributed by atoms with Gasteiger partial charge in [-0.05, 0) is 11.7 Å². The summed E-state index contributed by atoms with van der Waals surface area (Å²) in [6.45, 7) is 3.61. The normalized spacial score (nSPS) is 13.8. The molecule has 14 heavy (non-hydrogen) atoms. The molecule has 0 heterocycles. The summed E-state index contributed by atoms with van der Waals surface area (Å²) in [7, 11) is 0.246. The number of carbonyl (C=O) groups excluding carboxylic acids is 1. The first-order chi connectivity index (χ1) is 6.43. The maximum absolute atomic E-state index is 11.3. The molecule has 0 bridgehead atoms. The first-order valence-corrected chi connectivity index (χ1v) is 7.18. The first kappa shape index (κ1) is 14.0. The van der Waals surface area contributed by atoms with Gasteiger partial charge >= 0.3 is 8.80 Å². The standard InChI is InChI=1S/C8H18O4SSi/c1-7(13)5-6-8(9)12-14(4,10-2)11-3/h7,13H,5-6H2,1-4H3. The Hall–Kier alpha value is -0.0431. The van der Waals surface area contributed by atoms with E-state index in [1.54, 1.807) is 6.55 Å². The van der Waals surface area contributed by atoms with Crippen molar-refractivity contribution in [3.63, 3.8) is 0 Å². The van der Waals surface area contributed by atoms with Gasteiger partial charge < -0.3 is 13.3 Å². The molecule has 0 spiro atoms. The Labute approximate surface area is 91.7 Å². The summed E-state index contributed by atoms with van der Waals surface area (Å²) in [5.74, 6) is -0.288. The highest BCUT2D eigenvalue weighted by molar-refractivity contribution is 7.80. The lowest BCUT2D eigenvalue weighted by Crippen LogP contribution is -2.42. The molecule has 0 fully saturated rings. The van der Waals surface area contributed by atoms with Gasteiger partial charge in [0.05, 0.1) is 0 Å². The number of thiol groups is 1. The van der Waals surface area contributed by atoms with Crippen molar-refractivity contribution >= 4 is 27.4 Å². The molecule has 0 aromatic rings. The largest absolute Gasteiger partial charge is 0.564 e. The van der Waals surface area contributed by atoms with E-state index in [9.17, 15) is 4.79 Å². The molecular formula is C8H18O4SSi. The molecule has 0 amide bonds. The van der Waals surface area contributed by atoms with E-state index in [1.807, 2.05) is 6.92 Å². The second-order valence-electron chi connectivity index (χ2n) is 3.13. The minimum Gasteiger partial charge on any atom is -0.473 e. The molecule has 0 radical (unpaired) electrons. The van der Waals surface area contributed by atoms with Crippen LogP contribution in [-0.2, 0) is 18.1 Å². The lowest BCUT2D eigenvalue weighted by Gasteiger charge is -2.21. The molecular weight excluding hydrogens is 220 g/mol. The number of carbonyl (C=O) groups is 1. The molecule has 0 saturated carbocycles. The SMILES string of the molecule is CO[Si](C)(OC)OC(=O)CCC(C)S. The van der Waals surface area contributed by atoms with Gasteiger partial charge in [0.1, 0.15) is 0 Å². The predicted molar refractivity (Wildman–Crippen MR) is 59.4 cm³/mol. The Morgan fingerprint density at radius 2 is 1.93 bits per heavy atom. The molecule has 0 aromatic carbocycles. The predicted octanol–water partition coefficient (Wildman–Crippen LogP) is 1.49.